The van der Waals surface area contributed by atoms with Gasteiger partial charge in [0.05, 0.1) is 4.90 Å². The topological polar surface area (TPSA) is 66.5 Å². The Morgan fingerprint density at radius 3 is 2.73 bits per heavy atom. The highest BCUT2D eigenvalue weighted by molar-refractivity contribution is 7.89. The van der Waals surface area contributed by atoms with Gasteiger partial charge in [0.25, 0.3) is 5.91 Å². The van der Waals surface area contributed by atoms with Gasteiger partial charge in [-0.2, -0.15) is 4.31 Å². The van der Waals surface area contributed by atoms with Crippen molar-refractivity contribution in [1.82, 2.24) is 9.62 Å². The zero-order valence-corrected chi connectivity index (χ0v) is 15.3. The molecule has 0 spiro atoms. The van der Waals surface area contributed by atoms with Gasteiger partial charge in [-0.3, -0.25) is 4.79 Å². The largest absolute Gasteiger partial charge is 0.352 e. The molecule has 1 saturated heterocycles. The highest BCUT2D eigenvalue weighted by Gasteiger charge is 2.33. The van der Waals surface area contributed by atoms with Crippen LogP contribution in [-0.4, -0.2) is 38.3 Å². The molecule has 2 aromatic carbocycles. The molecule has 0 aromatic heterocycles. The van der Waals surface area contributed by atoms with Gasteiger partial charge in [0.1, 0.15) is 0 Å². The zero-order valence-electron chi connectivity index (χ0n) is 14.5. The van der Waals surface area contributed by atoms with E-state index in [1.54, 1.807) is 16.4 Å². The number of nitrogens with zero attached hydrogens (tertiary/aromatic N) is 1. The molecule has 2 aliphatic heterocycles. The van der Waals surface area contributed by atoms with Gasteiger partial charge in [0, 0.05) is 25.2 Å². The average Bonchev–Trinajstić information content (AvgIpc) is 3.12. The number of nitrogens with one attached hydrogen (secondary N) is 1. The first kappa shape index (κ1) is 17.2. The fraction of sp³-hybridized carbons (Fsp3) is 0.350. The molecule has 0 radical (unpaired) electrons. The number of carbonyl (C=O) groups excluding carboxylic acids is 1. The molecule has 6 heteroatoms. The van der Waals surface area contributed by atoms with E-state index in [-0.39, 0.29) is 10.8 Å². The third-order valence-corrected chi connectivity index (χ3v) is 7.12. The minimum Gasteiger partial charge on any atom is -0.352 e. The summed E-state index contributed by atoms with van der Waals surface area (Å²) in [5, 5.41) is 2.77. The van der Waals surface area contributed by atoms with E-state index in [0.717, 1.165) is 24.8 Å². The lowest BCUT2D eigenvalue weighted by molar-refractivity contribution is 0.0945. The second-order valence-electron chi connectivity index (χ2n) is 7.03. The molecule has 136 valence electrons. The molecule has 0 bridgehead atoms. The van der Waals surface area contributed by atoms with E-state index in [0.29, 0.717) is 31.1 Å². The first-order valence-corrected chi connectivity index (χ1v) is 10.4. The number of hydrogen-bond acceptors (Lipinski definition) is 3. The lowest BCUT2D eigenvalue weighted by Crippen LogP contribution is -2.33. The first-order chi connectivity index (χ1) is 12.5. The van der Waals surface area contributed by atoms with Crippen molar-refractivity contribution in [2.45, 2.75) is 24.2 Å². The number of benzene rings is 2. The Morgan fingerprint density at radius 1 is 1.12 bits per heavy atom. The van der Waals surface area contributed by atoms with Crippen molar-refractivity contribution in [2.75, 3.05) is 19.6 Å². The highest BCUT2D eigenvalue weighted by atomic mass is 32.2. The molecule has 26 heavy (non-hydrogen) atoms. The summed E-state index contributed by atoms with van der Waals surface area (Å²) in [4.78, 5) is 12.2. The van der Waals surface area contributed by atoms with Crippen LogP contribution in [0.1, 0.15) is 27.9 Å². The van der Waals surface area contributed by atoms with Crippen molar-refractivity contribution in [3.8, 4) is 0 Å². The predicted octanol–water partition coefficient (Wildman–Crippen LogP) is 2.23. The normalized spacial score (nSPS) is 20.6. The number of carbonyl (C=O) groups is 1. The van der Waals surface area contributed by atoms with E-state index in [1.807, 2.05) is 18.2 Å². The standard InChI is InChI=1S/C20H22N2O3S/c23-20-19-13-18(7-6-17(19)8-10-21-20)26(24,25)22-11-9-16(14-22)12-15-4-2-1-3-5-15/h1-7,13,16H,8-12,14H2,(H,21,23). The maximum atomic E-state index is 13.0. The average molecular weight is 370 g/mol. The van der Waals surface area contributed by atoms with Crippen molar-refractivity contribution < 1.29 is 13.2 Å². The van der Waals surface area contributed by atoms with Crippen LogP contribution in [0.4, 0.5) is 0 Å². The van der Waals surface area contributed by atoms with Crippen LogP contribution in [0.3, 0.4) is 0 Å². The van der Waals surface area contributed by atoms with E-state index in [9.17, 15) is 13.2 Å². The highest BCUT2D eigenvalue weighted by Crippen LogP contribution is 2.28. The van der Waals surface area contributed by atoms with Crippen molar-refractivity contribution in [2.24, 2.45) is 5.92 Å². The van der Waals surface area contributed by atoms with Crippen LogP contribution in [0.2, 0.25) is 0 Å². The molecule has 2 heterocycles. The number of amides is 1. The second-order valence-corrected chi connectivity index (χ2v) is 8.97. The Morgan fingerprint density at radius 2 is 1.92 bits per heavy atom. The van der Waals surface area contributed by atoms with E-state index in [2.05, 4.69) is 17.4 Å². The van der Waals surface area contributed by atoms with E-state index < -0.39 is 10.0 Å². The quantitative estimate of drug-likeness (QED) is 0.897. The molecular formula is C20H22N2O3S. The van der Waals surface area contributed by atoms with Crippen LogP contribution in [0.15, 0.2) is 53.4 Å². The van der Waals surface area contributed by atoms with Gasteiger partial charge < -0.3 is 5.32 Å². The number of fused-ring (bicyclic) bond motifs is 1. The molecule has 1 N–H and O–H groups in total. The summed E-state index contributed by atoms with van der Waals surface area (Å²) in [6.45, 7) is 1.66. The molecule has 5 nitrogen and oxygen atoms in total. The Kier molecular flexibility index (Phi) is 4.54. The maximum absolute atomic E-state index is 13.0. The summed E-state index contributed by atoms with van der Waals surface area (Å²) in [5.74, 6) is 0.139. The van der Waals surface area contributed by atoms with Crippen molar-refractivity contribution in [1.29, 1.82) is 0 Å². The number of hydrogen-bond donors (Lipinski definition) is 1. The Balaban J connectivity index is 1.52. The number of rotatable bonds is 4. The molecule has 1 atom stereocenters. The minimum atomic E-state index is -3.57. The summed E-state index contributed by atoms with van der Waals surface area (Å²) in [7, 11) is -3.57. The molecule has 0 aliphatic carbocycles. The van der Waals surface area contributed by atoms with Gasteiger partial charge in [-0.1, -0.05) is 36.4 Å². The van der Waals surface area contributed by atoms with Crippen molar-refractivity contribution in [3.63, 3.8) is 0 Å². The lowest BCUT2D eigenvalue weighted by Gasteiger charge is -2.20. The molecule has 4 rings (SSSR count). The lowest BCUT2D eigenvalue weighted by atomic mass is 9.99. The Hall–Kier alpha value is -2.18. The molecule has 0 saturated carbocycles. The van der Waals surface area contributed by atoms with Crippen LogP contribution in [-0.2, 0) is 22.9 Å². The van der Waals surface area contributed by atoms with E-state index in [1.165, 1.54) is 11.6 Å². The van der Waals surface area contributed by atoms with Crippen LogP contribution in [0.25, 0.3) is 0 Å². The van der Waals surface area contributed by atoms with Crippen molar-refractivity contribution in [3.05, 3.63) is 65.2 Å². The smallest absolute Gasteiger partial charge is 0.251 e. The van der Waals surface area contributed by atoms with Gasteiger partial charge >= 0.3 is 0 Å². The van der Waals surface area contributed by atoms with E-state index in [4.69, 9.17) is 0 Å². The van der Waals surface area contributed by atoms with Crippen molar-refractivity contribution >= 4 is 15.9 Å². The molecule has 1 amide bonds. The maximum Gasteiger partial charge on any atom is 0.251 e. The minimum absolute atomic E-state index is 0.188. The molecule has 1 fully saturated rings. The van der Waals surface area contributed by atoms with Crippen LogP contribution >= 0.6 is 0 Å². The fourth-order valence-corrected chi connectivity index (χ4v) is 5.39. The SMILES string of the molecule is O=C1NCCc2ccc(S(=O)(=O)N3CCC(Cc4ccccc4)C3)cc21. The van der Waals surface area contributed by atoms with E-state index >= 15 is 0 Å². The van der Waals surface area contributed by atoms with Crippen LogP contribution in [0, 0.1) is 5.92 Å². The van der Waals surface area contributed by atoms with Crippen LogP contribution in [0.5, 0.6) is 0 Å². The first-order valence-electron chi connectivity index (χ1n) is 8.99. The summed E-state index contributed by atoms with van der Waals surface area (Å²) in [6.07, 6.45) is 2.49. The summed E-state index contributed by atoms with van der Waals surface area (Å²) >= 11 is 0. The summed E-state index contributed by atoms with van der Waals surface area (Å²) < 4.78 is 27.6. The summed E-state index contributed by atoms with van der Waals surface area (Å²) in [6, 6.07) is 15.1. The molecule has 2 aromatic rings. The molecule has 1 unspecified atom stereocenters. The Labute approximate surface area is 154 Å². The van der Waals surface area contributed by atoms with Gasteiger partial charge in [0.15, 0.2) is 0 Å². The Bertz CT molecular complexity index is 925. The fourth-order valence-electron chi connectivity index (χ4n) is 3.83. The summed E-state index contributed by atoms with van der Waals surface area (Å²) in [5.41, 5.74) is 2.63. The third-order valence-electron chi connectivity index (χ3n) is 5.26. The van der Waals surface area contributed by atoms with Gasteiger partial charge in [-0.15, -0.1) is 0 Å². The monoisotopic (exact) mass is 370 g/mol. The van der Waals surface area contributed by atoms with Gasteiger partial charge in [-0.05, 0) is 48.4 Å². The van der Waals surface area contributed by atoms with Gasteiger partial charge in [0.2, 0.25) is 10.0 Å². The van der Waals surface area contributed by atoms with Gasteiger partial charge in [-0.25, -0.2) is 8.42 Å². The molecular weight excluding hydrogens is 348 g/mol. The number of sulfonamides is 1. The zero-order chi connectivity index (χ0) is 18.1. The second kappa shape index (κ2) is 6.85. The van der Waals surface area contributed by atoms with Crippen LogP contribution < -0.4 is 5.32 Å². The third kappa shape index (κ3) is 3.27. The predicted molar refractivity (Wildman–Crippen MR) is 99.5 cm³/mol. The molecule has 2 aliphatic rings.